The highest BCUT2D eigenvalue weighted by molar-refractivity contribution is 7.91. The SMILES string of the molecule is Cc1cccc2c1NC(CN)CS2(=O)=O. The summed E-state index contributed by atoms with van der Waals surface area (Å²) in [5.41, 5.74) is 7.15. The Morgan fingerprint density at radius 2 is 2.27 bits per heavy atom. The molecule has 5 heteroatoms. The highest BCUT2D eigenvalue weighted by Gasteiger charge is 2.29. The maximum Gasteiger partial charge on any atom is 0.182 e. The van der Waals surface area contributed by atoms with E-state index >= 15 is 0 Å². The first-order valence-corrected chi connectivity index (χ1v) is 6.49. The standard InChI is InChI=1S/C10H14N2O2S/c1-7-3-2-4-9-10(7)12-8(5-11)6-15(9,13)14/h2-4,8,12H,5-6,11H2,1H3. The van der Waals surface area contributed by atoms with Gasteiger partial charge in [-0.1, -0.05) is 12.1 Å². The smallest absolute Gasteiger partial charge is 0.182 e. The van der Waals surface area contributed by atoms with Crippen LogP contribution in [0.3, 0.4) is 0 Å². The van der Waals surface area contributed by atoms with Gasteiger partial charge in [-0.25, -0.2) is 8.42 Å². The summed E-state index contributed by atoms with van der Waals surface area (Å²) >= 11 is 0. The largest absolute Gasteiger partial charge is 0.379 e. The molecule has 0 saturated carbocycles. The number of hydrogen-bond acceptors (Lipinski definition) is 4. The molecule has 4 nitrogen and oxygen atoms in total. The van der Waals surface area contributed by atoms with Gasteiger partial charge in [0.05, 0.1) is 22.4 Å². The molecule has 0 bridgehead atoms. The molecule has 1 heterocycles. The zero-order chi connectivity index (χ0) is 11.1. The van der Waals surface area contributed by atoms with Crippen molar-refractivity contribution in [2.24, 2.45) is 5.73 Å². The number of anilines is 1. The van der Waals surface area contributed by atoms with E-state index < -0.39 is 9.84 Å². The average Bonchev–Trinajstić information content (AvgIpc) is 2.18. The fourth-order valence-electron chi connectivity index (χ4n) is 1.81. The number of nitrogens with one attached hydrogen (secondary N) is 1. The van der Waals surface area contributed by atoms with Crippen LogP contribution in [-0.4, -0.2) is 26.8 Å². The van der Waals surface area contributed by atoms with Crippen LogP contribution in [0.5, 0.6) is 0 Å². The number of aryl methyl sites for hydroxylation is 1. The van der Waals surface area contributed by atoms with E-state index in [2.05, 4.69) is 5.32 Å². The van der Waals surface area contributed by atoms with E-state index in [1.54, 1.807) is 12.1 Å². The van der Waals surface area contributed by atoms with Gasteiger partial charge >= 0.3 is 0 Å². The lowest BCUT2D eigenvalue weighted by atomic mass is 10.2. The van der Waals surface area contributed by atoms with E-state index in [1.165, 1.54) is 0 Å². The van der Waals surface area contributed by atoms with Crippen LogP contribution in [0.1, 0.15) is 5.56 Å². The summed E-state index contributed by atoms with van der Waals surface area (Å²) in [4.78, 5) is 0.396. The Labute approximate surface area is 89.4 Å². The molecule has 1 aliphatic rings. The lowest BCUT2D eigenvalue weighted by Gasteiger charge is -2.27. The van der Waals surface area contributed by atoms with Gasteiger partial charge in [0.2, 0.25) is 0 Å². The third kappa shape index (κ3) is 1.72. The van der Waals surface area contributed by atoms with Gasteiger partial charge in [-0.15, -0.1) is 0 Å². The van der Waals surface area contributed by atoms with Gasteiger partial charge in [0.1, 0.15) is 0 Å². The Morgan fingerprint density at radius 1 is 1.53 bits per heavy atom. The molecule has 15 heavy (non-hydrogen) atoms. The number of benzene rings is 1. The molecular formula is C10H14N2O2S. The second-order valence-corrected chi connectivity index (χ2v) is 5.81. The van der Waals surface area contributed by atoms with Crippen LogP contribution < -0.4 is 11.1 Å². The third-order valence-electron chi connectivity index (χ3n) is 2.62. The molecule has 1 aromatic rings. The van der Waals surface area contributed by atoms with Crippen LogP contribution in [0.15, 0.2) is 23.1 Å². The molecule has 3 N–H and O–H groups in total. The van der Waals surface area contributed by atoms with Crippen molar-refractivity contribution in [1.29, 1.82) is 0 Å². The Balaban J connectivity index is 2.60. The molecule has 1 aliphatic heterocycles. The predicted molar refractivity (Wildman–Crippen MR) is 59.7 cm³/mol. The van der Waals surface area contributed by atoms with Crippen molar-refractivity contribution < 1.29 is 8.42 Å². The van der Waals surface area contributed by atoms with E-state index in [4.69, 9.17) is 5.73 Å². The van der Waals surface area contributed by atoms with Gasteiger partial charge < -0.3 is 11.1 Å². The Bertz CT molecular complexity index is 482. The molecule has 0 aromatic heterocycles. The van der Waals surface area contributed by atoms with Crippen molar-refractivity contribution in [1.82, 2.24) is 0 Å². The minimum atomic E-state index is -3.17. The number of fused-ring (bicyclic) bond motifs is 1. The van der Waals surface area contributed by atoms with Gasteiger partial charge in [0.25, 0.3) is 0 Å². The molecular weight excluding hydrogens is 212 g/mol. The van der Waals surface area contributed by atoms with Crippen molar-refractivity contribution in [2.45, 2.75) is 17.9 Å². The summed E-state index contributed by atoms with van der Waals surface area (Å²) in [6.45, 7) is 2.22. The van der Waals surface area contributed by atoms with Gasteiger partial charge in [-0.3, -0.25) is 0 Å². The van der Waals surface area contributed by atoms with E-state index in [-0.39, 0.29) is 11.8 Å². The summed E-state index contributed by atoms with van der Waals surface area (Å²) in [6, 6.07) is 5.11. The number of nitrogens with two attached hydrogens (primary N) is 1. The molecule has 1 unspecified atom stereocenters. The molecule has 1 atom stereocenters. The van der Waals surface area contributed by atoms with E-state index in [9.17, 15) is 8.42 Å². The third-order valence-corrected chi connectivity index (χ3v) is 4.47. The first kappa shape index (κ1) is 10.4. The van der Waals surface area contributed by atoms with Crippen LogP contribution in [0.4, 0.5) is 5.69 Å². The van der Waals surface area contributed by atoms with Crippen LogP contribution in [0.25, 0.3) is 0 Å². The highest BCUT2D eigenvalue weighted by Crippen LogP contribution is 2.30. The summed E-state index contributed by atoms with van der Waals surface area (Å²) in [6.07, 6.45) is 0. The summed E-state index contributed by atoms with van der Waals surface area (Å²) < 4.78 is 23.8. The molecule has 82 valence electrons. The average molecular weight is 226 g/mol. The summed E-state index contributed by atoms with van der Waals surface area (Å²) in [5, 5.41) is 3.17. The molecule has 0 fully saturated rings. The number of hydrogen-bond donors (Lipinski definition) is 2. The van der Waals surface area contributed by atoms with Crippen LogP contribution in [0, 0.1) is 6.92 Å². The highest BCUT2D eigenvalue weighted by atomic mass is 32.2. The van der Waals surface area contributed by atoms with Crippen molar-refractivity contribution in [3.8, 4) is 0 Å². The molecule has 0 saturated heterocycles. The minimum Gasteiger partial charge on any atom is -0.379 e. The summed E-state index contributed by atoms with van der Waals surface area (Å²) in [5.74, 6) is 0.0833. The fraction of sp³-hybridized carbons (Fsp3) is 0.400. The molecule has 0 spiro atoms. The molecule has 0 aliphatic carbocycles. The molecule has 1 aromatic carbocycles. The van der Waals surface area contributed by atoms with Gasteiger partial charge in [-0.2, -0.15) is 0 Å². The predicted octanol–water partition coefficient (Wildman–Crippen LogP) is 0.522. The lowest BCUT2D eigenvalue weighted by Crippen LogP contribution is -2.39. The van der Waals surface area contributed by atoms with Crippen molar-refractivity contribution >= 4 is 15.5 Å². The van der Waals surface area contributed by atoms with Crippen LogP contribution in [0.2, 0.25) is 0 Å². The van der Waals surface area contributed by atoms with Gasteiger partial charge in [0.15, 0.2) is 9.84 Å². The first-order chi connectivity index (χ1) is 7.04. The maximum absolute atomic E-state index is 11.9. The lowest BCUT2D eigenvalue weighted by molar-refractivity contribution is 0.585. The van der Waals surface area contributed by atoms with Crippen LogP contribution >= 0.6 is 0 Å². The maximum atomic E-state index is 11.9. The Morgan fingerprint density at radius 3 is 2.93 bits per heavy atom. The van der Waals surface area contributed by atoms with Crippen LogP contribution in [-0.2, 0) is 9.84 Å². The first-order valence-electron chi connectivity index (χ1n) is 4.83. The fourth-order valence-corrected chi connectivity index (χ4v) is 3.56. The second-order valence-electron chi connectivity index (χ2n) is 3.81. The molecule has 0 amide bonds. The number of para-hydroxylation sites is 1. The van der Waals surface area contributed by atoms with Crippen molar-refractivity contribution in [3.63, 3.8) is 0 Å². The zero-order valence-corrected chi connectivity index (χ0v) is 9.34. The number of rotatable bonds is 1. The van der Waals surface area contributed by atoms with Gasteiger partial charge in [0, 0.05) is 6.54 Å². The van der Waals surface area contributed by atoms with E-state index in [0.717, 1.165) is 5.56 Å². The van der Waals surface area contributed by atoms with E-state index in [1.807, 2.05) is 13.0 Å². The monoisotopic (exact) mass is 226 g/mol. The second kappa shape index (κ2) is 3.50. The molecule has 2 rings (SSSR count). The van der Waals surface area contributed by atoms with Crippen molar-refractivity contribution in [2.75, 3.05) is 17.6 Å². The normalized spacial score (nSPS) is 22.9. The molecule has 0 radical (unpaired) electrons. The van der Waals surface area contributed by atoms with E-state index in [0.29, 0.717) is 17.1 Å². The minimum absolute atomic E-state index is 0.0833. The zero-order valence-electron chi connectivity index (χ0n) is 8.53. The Kier molecular flexibility index (Phi) is 2.44. The number of sulfone groups is 1. The summed E-state index contributed by atoms with van der Waals surface area (Å²) in [7, 11) is -3.17. The topological polar surface area (TPSA) is 72.2 Å². The quantitative estimate of drug-likeness (QED) is 0.732. The Hall–Kier alpha value is -1.07. The van der Waals surface area contributed by atoms with Crippen molar-refractivity contribution in [3.05, 3.63) is 23.8 Å². The van der Waals surface area contributed by atoms with Gasteiger partial charge in [-0.05, 0) is 18.6 Å².